The van der Waals surface area contributed by atoms with Gasteiger partial charge in [0.1, 0.15) is 6.26 Å². The summed E-state index contributed by atoms with van der Waals surface area (Å²) in [5.41, 5.74) is 1.06. The number of hydrogen-bond donors (Lipinski definition) is 1. The van der Waals surface area contributed by atoms with Gasteiger partial charge in [-0.3, -0.25) is 0 Å². The maximum Gasteiger partial charge on any atom is 0.297 e. The Balaban J connectivity index is 1.61. The van der Waals surface area contributed by atoms with Crippen LogP contribution < -0.4 is 10.2 Å². The van der Waals surface area contributed by atoms with E-state index in [-0.39, 0.29) is 5.54 Å². The van der Waals surface area contributed by atoms with Gasteiger partial charge in [-0.1, -0.05) is 0 Å². The highest BCUT2D eigenvalue weighted by atomic mass is 16.5. The monoisotopic (exact) mass is 265 g/mol. The van der Waals surface area contributed by atoms with Gasteiger partial charge < -0.3 is 19.4 Å². The maximum absolute atomic E-state index is 5.82. The topological polar surface area (TPSA) is 50.5 Å². The number of ether oxygens (including phenoxy) is 1. The molecule has 1 aromatic heterocycles. The van der Waals surface area contributed by atoms with Gasteiger partial charge in [0.15, 0.2) is 0 Å². The molecule has 3 heterocycles. The number of nitrogens with one attached hydrogen (secondary N) is 1. The summed E-state index contributed by atoms with van der Waals surface area (Å²) in [5, 5.41) is 3.42. The van der Waals surface area contributed by atoms with Crippen LogP contribution in [0.2, 0.25) is 0 Å². The van der Waals surface area contributed by atoms with E-state index in [4.69, 9.17) is 9.15 Å². The zero-order valence-corrected chi connectivity index (χ0v) is 12.0. The molecule has 1 N–H and O–H groups in total. The molecule has 2 aliphatic rings. The fourth-order valence-electron chi connectivity index (χ4n) is 2.65. The molecular weight excluding hydrogens is 242 g/mol. The highest BCUT2D eigenvalue weighted by molar-refractivity contribution is 5.29. The summed E-state index contributed by atoms with van der Waals surface area (Å²) in [6, 6.07) is 0.742. The predicted octanol–water partition coefficient (Wildman–Crippen LogP) is 1.93. The lowest BCUT2D eigenvalue weighted by molar-refractivity contribution is 0.0288. The number of anilines is 1. The molecule has 5 nitrogen and oxygen atoms in total. The quantitative estimate of drug-likeness (QED) is 0.905. The van der Waals surface area contributed by atoms with Crippen LogP contribution in [0.25, 0.3) is 0 Å². The van der Waals surface area contributed by atoms with Gasteiger partial charge in [-0.2, -0.15) is 4.98 Å². The molecule has 2 unspecified atom stereocenters. The standard InChI is InChI=1S/C14H23N3O2/c1-14(2,3)15-6-10-9-18-13(16-10)17-7-11-4-5-12(8-17)19-11/h9,11-12,15H,4-8H2,1-3H3. The van der Waals surface area contributed by atoms with Crippen LogP contribution in [0.1, 0.15) is 39.3 Å². The van der Waals surface area contributed by atoms with Crippen molar-refractivity contribution in [1.29, 1.82) is 0 Å². The van der Waals surface area contributed by atoms with E-state index in [1.807, 2.05) is 0 Å². The lowest BCUT2D eigenvalue weighted by Gasteiger charge is -2.30. The summed E-state index contributed by atoms with van der Waals surface area (Å²) in [6.07, 6.45) is 4.81. The lowest BCUT2D eigenvalue weighted by atomic mass is 10.1. The molecule has 2 saturated heterocycles. The van der Waals surface area contributed by atoms with Crippen LogP contribution in [0.4, 0.5) is 6.01 Å². The Labute approximate surface area is 114 Å². The molecule has 0 saturated carbocycles. The Bertz CT molecular complexity index is 426. The van der Waals surface area contributed by atoms with E-state index in [2.05, 4.69) is 36.0 Å². The van der Waals surface area contributed by atoms with Crippen molar-refractivity contribution in [3.8, 4) is 0 Å². The van der Waals surface area contributed by atoms with Crippen molar-refractivity contribution < 1.29 is 9.15 Å². The summed E-state index contributed by atoms with van der Waals surface area (Å²) in [4.78, 5) is 6.79. The van der Waals surface area contributed by atoms with Gasteiger partial charge in [0.05, 0.1) is 17.9 Å². The van der Waals surface area contributed by atoms with Gasteiger partial charge in [0, 0.05) is 25.2 Å². The largest absolute Gasteiger partial charge is 0.432 e. The first-order chi connectivity index (χ1) is 8.99. The number of morpholine rings is 1. The van der Waals surface area contributed by atoms with Crippen molar-refractivity contribution in [2.24, 2.45) is 0 Å². The first-order valence-electron chi connectivity index (χ1n) is 7.09. The second kappa shape index (κ2) is 4.80. The Morgan fingerprint density at radius 1 is 1.32 bits per heavy atom. The number of fused-ring (bicyclic) bond motifs is 2. The zero-order valence-electron chi connectivity index (χ0n) is 12.0. The lowest BCUT2D eigenvalue weighted by Crippen LogP contribution is -2.42. The zero-order chi connectivity index (χ0) is 13.5. The number of nitrogens with zero attached hydrogens (tertiary/aromatic N) is 2. The molecule has 0 amide bonds. The van der Waals surface area contributed by atoms with Crippen molar-refractivity contribution in [1.82, 2.24) is 10.3 Å². The minimum atomic E-state index is 0.0944. The molecule has 0 spiro atoms. The fraction of sp³-hybridized carbons (Fsp3) is 0.786. The molecule has 106 valence electrons. The van der Waals surface area contributed by atoms with E-state index in [0.29, 0.717) is 12.2 Å². The van der Waals surface area contributed by atoms with Crippen molar-refractivity contribution in [3.63, 3.8) is 0 Å². The number of rotatable bonds is 3. The van der Waals surface area contributed by atoms with E-state index in [1.165, 1.54) is 12.8 Å². The Hall–Kier alpha value is -1.07. The predicted molar refractivity (Wildman–Crippen MR) is 73.2 cm³/mol. The van der Waals surface area contributed by atoms with Crippen LogP contribution in [0.15, 0.2) is 10.7 Å². The molecule has 2 fully saturated rings. The van der Waals surface area contributed by atoms with Gasteiger partial charge in [0.25, 0.3) is 6.01 Å². The Kier molecular flexibility index (Phi) is 3.27. The minimum Gasteiger partial charge on any atom is -0.432 e. The molecule has 2 atom stereocenters. The molecule has 19 heavy (non-hydrogen) atoms. The number of oxazole rings is 1. The third-order valence-electron chi connectivity index (χ3n) is 3.65. The average molecular weight is 265 g/mol. The molecule has 0 aromatic carbocycles. The summed E-state index contributed by atoms with van der Waals surface area (Å²) >= 11 is 0. The van der Waals surface area contributed by atoms with Crippen LogP contribution in [0.3, 0.4) is 0 Å². The van der Waals surface area contributed by atoms with Crippen LogP contribution in [-0.2, 0) is 11.3 Å². The van der Waals surface area contributed by atoms with E-state index < -0.39 is 0 Å². The minimum absolute atomic E-state index is 0.0944. The molecule has 0 aliphatic carbocycles. The Morgan fingerprint density at radius 2 is 2.00 bits per heavy atom. The van der Waals surface area contributed by atoms with Crippen LogP contribution in [0.5, 0.6) is 0 Å². The highest BCUT2D eigenvalue weighted by Gasteiger charge is 2.35. The molecule has 2 aliphatic heterocycles. The average Bonchev–Trinajstić information content (AvgIpc) is 2.93. The van der Waals surface area contributed by atoms with Gasteiger partial charge in [-0.15, -0.1) is 0 Å². The first-order valence-corrected chi connectivity index (χ1v) is 7.09. The van der Waals surface area contributed by atoms with Crippen molar-refractivity contribution in [3.05, 3.63) is 12.0 Å². The van der Waals surface area contributed by atoms with Crippen LogP contribution >= 0.6 is 0 Å². The fourth-order valence-corrected chi connectivity index (χ4v) is 2.65. The molecule has 2 bridgehead atoms. The van der Waals surface area contributed by atoms with Crippen molar-refractivity contribution >= 4 is 6.01 Å². The van der Waals surface area contributed by atoms with E-state index >= 15 is 0 Å². The second-order valence-electron chi connectivity index (χ2n) is 6.59. The van der Waals surface area contributed by atoms with E-state index in [1.54, 1.807) is 6.26 Å². The summed E-state index contributed by atoms with van der Waals surface area (Å²) < 4.78 is 11.4. The van der Waals surface area contributed by atoms with Crippen LogP contribution in [0, 0.1) is 0 Å². The second-order valence-corrected chi connectivity index (χ2v) is 6.59. The van der Waals surface area contributed by atoms with E-state index in [9.17, 15) is 0 Å². The van der Waals surface area contributed by atoms with Crippen molar-refractivity contribution in [2.45, 2.75) is 57.9 Å². The van der Waals surface area contributed by atoms with Crippen molar-refractivity contribution in [2.75, 3.05) is 18.0 Å². The van der Waals surface area contributed by atoms with Gasteiger partial charge in [-0.25, -0.2) is 0 Å². The maximum atomic E-state index is 5.82. The molecule has 1 aromatic rings. The molecular formula is C14H23N3O2. The highest BCUT2D eigenvalue weighted by Crippen LogP contribution is 2.29. The van der Waals surface area contributed by atoms with Crippen LogP contribution in [-0.4, -0.2) is 35.8 Å². The molecule has 3 rings (SSSR count). The van der Waals surface area contributed by atoms with Gasteiger partial charge in [-0.05, 0) is 33.6 Å². The molecule has 5 heteroatoms. The summed E-state index contributed by atoms with van der Waals surface area (Å²) in [7, 11) is 0. The number of aromatic nitrogens is 1. The van der Waals surface area contributed by atoms with Gasteiger partial charge >= 0.3 is 0 Å². The summed E-state index contributed by atoms with van der Waals surface area (Å²) in [6.45, 7) is 8.99. The third kappa shape index (κ3) is 3.09. The normalized spacial score (nSPS) is 27.0. The first kappa shape index (κ1) is 12.9. The SMILES string of the molecule is CC(C)(C)NCc1coc(N2CC3CCC(C2)O3)n1. The molecule has 0 radical (unpaired) electrons. The van der Waals surface area contributed by atoms with Gasteiger partial charge in [0.2, 0.25) is 0 Å². The summed E-state index contributed by atoms with van der Waals surface area (Å²) in [5.74, 6) is 0. The Morgan fingerprint density at radius 3 is 2.63 bits per heavy atom. The number of hydrogen-bond acceptors (Lipinski definition) is 5. The van der Waals surface area contributed by atoms with E-state index in [0.717, 1.165) is 31.3 Å². The smallest absolute Gasteiger partial charge is 0.297 e. The third-order valence-corrected chi connectivity index (χ3v) is 3.65.